The van der Waals surface area contributed by atoms with Crippen LogP contribution in [0, 0.1) is 0 Å². The van der Waals surface area contributed by atoms with Gasteiger partial charge in [-0.05, 0) is 43.4 Å². The minimum atomic E-state index is 0.386. The highest BCUT2D eigenvalue weighted by Gasteiger charge is 2.39. The molecule has 2 fully saturated rings. The van der Waals surface area contributed by atoms with Gasteiger partial charge in [-0.1, -0.05) is 18.6 Å². The van der Waals surface area contributed by atoms with E-state index < -0.39 is 0 Å². The maximum atomic E-state index is 5.34. The predicted molar refractivity (Wildman–Crippen MR) is 69.5 cm³/mol. The SMILES string of the molecule is COc1cccc(C2(CNC3CC3)CCC2)c1. The summed E-state index contributed by atoms with van der Waals surface area (Å²) in [7, 11) is 1.75. The van der Waals surface area contributed by atoms with E-state index in [1.165, 1.54) is 37.7 Å². The first-order valence-corrected chi connectivity index (χ1v) is 6.70. The Hall–Kier alpha value is -1.02. The molecule has 2 saturated carbocycles. The molecule has 0 aromatic heterocycles. The fourth-order valence-electron chi connectivity index (χ4n) is 2.75. The zero-order valence-corrected chi connectivity index (χ0v) is 10.5. The lowest BCUT2D eigenvalue weighted by molar-refractivity contribution is 0.232. The van der Waals surface area contributed by atoms with E-state index in [-0.39, 0.29) is 0 Å². The van der Waals surface area contributed by atoms with Gasteiger partial charge < -0.3 is 10.1 Å². The van der Waals surface area contributed by atoms with Gasteiger partial charge in [-0.2, -0.15) is 0 Å². The van der Waals surface area contributed by atoms with Gasteiger partial charge in [0.15, 0.2) is 0 Å². The van der Waals surface area contributed by atoms with Gasteiger partial charge in [0.2, 0.25) is 0 Å². The second kappa shape index (κ2) is 4.34. The summed E-state index contributed by atoms with van der Waals surface area (Å²) in [6.07, 6.45) is 6.74. The van der Waals surface area contributed by atoms with Gasteiger partial charge in [0.1, 0.15) is 5.75 Å². The number of hydrogen-bond acceptors (Lipinski definition) is 2. The van der Waals surface area contributed by atoms with Crippen molar-refractivity contribution in [3.8, 4) is 5.75 Å². The smallest absolute Gasteiger partial charge is 0.119 e. The number of benzene rings is 1. The van der Waals surface area contributed by atoms with Crippen LogP contribution < -0.4 is 10.1 Å². The van der Waals surface area contributed by atoms with Gasteiger partial charge >= 0.3 is 0 Å². The Kier molecular flexibility index (Phi) is 2.83. The third kappa shape index (κ3) is 2.19. The Bertz CT molecular complexity index is 394. The van der Waals surface area contributed by atoms with Crippen LogP contribution in [0.4, 0.5) is 0 Å². The number of ether oxygens (including phenoxy) is 1. The molecule has 0 bridgehead atoms. The normalized spacial score (nSPS) is 21.9. The lowest BCUT2D eigenvalue weighted by atomic mass is 9.64. The van der Waals surface area contributed by atoms with E-state index in [9.17, 15) is 0 Å². The summed E-state index contributed by atoms with van der Waals surface area (Å²) in [6.45, 7) is 1.14. The molecule has 2 heteroatoms. The third-order valence-electron chi connectivity index (χ3n) is 4.30. The molecule has 17 heavy (non-hydrogen) atoms. The standard InChI is InChI=1S/C15H21NO/c1-17-14-5-2-4-12(10-14)15(8-3-9-15)11-16-13-6-7-13/h2,4-5,10,13,16H,3,6-9,11H2,1H3. The molecule has 1 aromatic rings. The molecule has 0 unspecified atom stereocenters. The average Bonchev–Trinajstić information content (AvgIpc) is 3.12. The van der Waals surface area contributed by atoms with Crippen molar-refractivity contribution in [2.24, 2.45) is 0 Å². The molecule has 0 saturated heterocycles. The lowest BCUT2D eigenvalue weighted by Gasteiger charge is -2.43. The highest BCUT2D eigenvalue weighted by atomic mass is 16.5. The maximum Gasteiger partial charge on any atom is 0.119 e. The van der Waals surface area contributed by atoms with E-state index in [1.807, 2.05) is 6.07 Å². The number of methoxy groups -OCH3 is 1. The van der Waals surface area contributed by atoms with Crippen LogP contribution in [0.2, 0.25) is 0 Å². The van der Waals surface area contributed by atoms with Gasteiger partial charge in [0, 0.05) is 18.0 Å². The zero-order chi connectivity index (χ0) is 11.7. The predicted octanol–water partition coefficient (Wildman–Crippen LogP) is 2.87. The number of rotatable bonds is 5. The van der Waals surface area contributed by atoms with Crippen molar-refractivity contribution in [1.82, 2.24) is 5.32 Å². The summed E-state index contributed by atoms with van der Waals surface area (Å²) in [5, 5.41) is 3.69. The summed E-state index contributed by atoms with van der Waals surface area (Å²) < 4.78 is 5.34. The van der Waals surface area contributed by atoms with Crippen molar-refractivity contribution in [2.45, 2.75) is 43.6 Å². The molecule has 0 heterocycles. The van der Waals surface area contributed by atoms with Crippen LogP contribution >= 0.6 is 0 Å². The summed E-state index contributed by atoms with van der Waals surface area (Å²) in [5.74, 6) is 0.986. The molecule has 1 aromatic carbocycles. The highest BCUT2D eigenvalue weighted by molar-refractivity contribution is 5.36. The van der Waals surface area contributed by atoms with Crippen LogP contribution in [-0.4, -0.2) is 19.7 Å². The first-order chi connectivity index (χ1) is 8.32. The molecular formula is C15H21NO. The van der Waals surface area contributed by atoms with Crippen molar-refractivity contribution >= 4 is 0 Å². The molecule has 2 aliphatic rings. The maximum absolute atomic E-state index is 5.34. The van der Waals surface area contributed by atoms with Crippen LogP contribution in [0.3, 0.4) is 0 Å². The fourth-order valence-corrected chi connectivity index (χ4v) is 2.75. The average molecular weight is 231 g/mol. The van der Waals surface area contributed by atoms with Crippen molar-refractivity contribution in [1.29, 1.82) is 0 Å². The summed E-state index contributed by atoms with van der Waals surface area (Å²) in [4.78, 5) is 0. The molecule has 0 atom stereocenters. The quantitative estimate of drug-likeness (QED) is 0.841. The Labute approximate surface area is 103 Å². The van der Waals surface area contributed by atoms with Gasteiger partial charge in [-0.25, -0.2) is 0 Å². The Morgan fingerprint density at radius 3 is 2.76 bits per heavy atom. The summed E-state index contributed by atoms with van der Waals surface area (Å²) in [5.41, 5.74) is 1.84. The van der Waals surface area contributed by atoms with Crippen LogP contribution in [0.25, 0.3) is 0 Å². The Balaban J connectivity index is 1.77. The third-order valence-corrected chi connectivity index (χ3v) is 4.30. The van der Waals surface area contributed by atoms with Gasteiger partial charge in [0.25, 0.3) is 0 Å². The van der Waals surface area contributed by atoms with E-state index in [1.54, 1.807) is 7.11 Å². The minimum Gasteiger partial charge on any atom is -0.497 e. The van der Waals surface area contributed by atoms with E-state index in [4.69, 9.17) is 4.74 Å². The monoisotopic (exact) mass is 231 g/mol. The molecule has 2 aliphatic carbocycles. The highest BCUT2D eigenvalue weighted by Crippen LogP contribution is 2.44. The molecular weight excluding hydrogens is 210 g/mol. The van der Waals surface area contributed by atoms with Crippen LogP contribution in [0.5, 0.6) is 5.75 Å². The van der Waals surface area contributed by atoms with Crippen LogP contribution in [-0.2, 0) is 5.41 Å². The van der Waals surface area contributed by atoms with E-state index >= 15 is 0 Å². The Morgan fingerprint density at radius 1 is 1.35 bits per heavy atom. The van der Waals surface area contributed by atoms with Crippen molar-refractivity contribution in [3.05, 3.63) is 29.8 Å². The molecule has 0 amide bonds. The van der Waals surface area contributed by atoms with Crippen molar-refractivity contribution < 1.29 is 4.74 Å². The second-order valence-electron chi connectivity index (χ2n) is 5.52. The lowest BCUT2D eigenvalue weighted by Crippen LogP contribution is -2.44. The van der Waals surface area contributed by atoms with Gasteiger partial charge in [-0.15, -0.1) is 0 Å². The number of nitrogens with one attached hydrogen (secondary N) is 1. The second-order valence-corrected chi connectivity index (χ2v) is 5.52. The minimum absolute atomic E-state index is 0.386. The summed E-state index contributed by atoms with van der Waals surface area (Å²) in [6, 6.07) is 9.43. The molecule has 1 N–H and O–H groups in total. The fraction of sp³-hybridized carbons (Fsp3) is 0.600. The van der Waals surface area contributed by atoms with E-state index in [2.05, 4.69) is 23.5 Å². The topological polar surface area (TPSA) is 21.3 Å². The summed E-state index contributed by atoms with van der Waals surface area (Å²) >= 11 is 0. The molecule has 2 nitrogen and oxygen atoms in total. The first kappa shape index (κ1) is 11.1. The molecule has 0 spiro atoms. The van der Waals surface area contributed by atoms with Gasteiger partial charge in [-0.3, -0.25) is 0 Å². The first-order valence-electron chi connectivity index (χ1n) is 6.70. The molecule has 3 rings (SSSR count). The largest absolute Gasteiger partial charge is 0.497 e. The molecule has 0 radical (unpaired) electrons. The molecule has 0 aliphatic heterocycles. The molecule has 92 valence electrons. The van der Waals surface area contributed by atoms with E-state index in [0.29, 0.717) is 5.41 Å². The number of hydrogen-bond donors (Lipinski definition) is 1. The van der Waals surface area contributed by atoms with E-state index in [0.717, 1.165) is 18.3 Å². The van der Waals surface area contributed by atoms with Gasteiger partial charge in [0.05, 0.1) is 7.11 Å². The van der Waals surface area contributed by atoms with Crippen LogP contribution in [0.15, 0.2) is 24.3 Å². The van der Waals surface area contributed by atoms with Crippen LogP contribution in [0.1, 0.15) is 37.7 Å². The zero-order valence-electron chi connectivity index (χ0n) is 10.5. The van der Waals surface area contributed by atoms with Crippen molar-refractivity contribution in [2.75, 3.05) is 13.7 Å². The van der Waals surface area contributed by atoms with Crippen molar-refractivity contribution in [3.63, 3.8) is 0 Å². The Morgan fingerprint density at radius 2 is 2.18 bits per heavy atom.